The molecule has 0 aliphatic heterocycles. The minimum absolute atomic E-state index is 0.670. The molecule has 0 atom stereocenters. The van der Waals surface area contributed by atoms with E-state index in [0.717, 1.165) is 5.56 Å². The summed E-state index contributed by atoms with van der Waals surface area (Å²) in [4.78, 5) is 4.15. The van der Waals surface area contributed by atoms with E-state index in [0.29, 0.717) is 5.89 Å². The first-order chi connectivity index (χ1) is 7.84. The van der Waals surface area contributed by atoms with Gasteiger partial charge < -0.3 is 4.42 Å². The van der Waals surface area contributed by atoms with Crippen LogP contribution in [-0.4, -0.2) is 4.98 Å². The maximum atomic E-state index is 5.29. The predicted molar refractivity (Wildman–Crippen MR) is 64.2 cm³/mol. The Labute approximate surface area is 93.5 Å². The highest BCUT2D eigenvalue weighted by Gasteiger charge is 2.03. The van der Waals surface area contributed by atoms with E-state index < -0.39 is 0 Å². The van der Waals surface area contributed by atoms with Crippen molar-refractivity contribution in [3.05, 3.63) is 54.4 Å². The zero-order valence-corrected chi connectivity index (χ0v) is 8.97. The molecule has 2 aromatic carbocycles. The summed E-state index contributed by atoms with van der Waals surface area (Å²) in [6.45, 7) is 2.12. The van der Waals surface area contributed by atoms with Gasteiger partial charge in [0.05, 0.1) is 6.20 Å². The molecular formula is C14H11NO. The lowest BCUT2D eigenvalue weighted by Gasteiger charge is -2.03. The molecule has 0 aliphatic rings. The van der Waals surface area contributed by atoms with E-state index in [1.807, 2.05) is 6.07 Å². The first-order valence-electron chi connectivity index (χ1n) is 5.24. The lowest BCUT2D eigenvalue weighted by Crippen LogP contribution is -1.81. The smallest absolute Gasteiger partial charge is 0.225 e. The Morgan fingerprint density at radius 1 is 1.12 bits per heavy atom. The molecule has 0 spiro atoms. The lowest BCUT2D eigenvalue weighted by molar-refractivity contribution is 0.574. The van der Waals surface area contributed by atoms with Crippen molar-refractivity contribution >= 4 is 10.8 Å². The molecule has 0 amide bonds. The molecule has 0 saturated heterocycles. The van der Waals surface area contributed by atoms with Gasteiger partial charge in [-0.3, -0.25) is 0 Å². The van der Waals surface area contributed by atoms with E-state index in [4.69, 9.17) is 4.42 Å². The molecule has 1 aromatic heterocycles. The number of oxazole rings is 1. The summed E-state index contributed by atoms with van der Waals surface area (Å²) in [5, 5.41) is 2.49. The van der Waals surface area contributed by atoms with Crippen LogP contribution in [0.5, 0.6) is 0 Å². The Morgan fingerprint density at radius 2 is 2.06 bits per heavy atom. The van der Waals surface area contributed by atoms with Gasteiger partial charge in [-0.1, -0.05) is 24.3 Å². The first kappa shape index (κ1) is 9.16. The molecule has 2 nitrogen and oxygen atoms in total. The molecule has 0 aliphatic carbocycles. The fourth-order valence-electron chi connectivity index (χ4n) is 1.94. The summed E-state index contributed by atoms with van der Waals surface area (Å²) in [6, 6.07) is 12.6. The van der Waals surface area contributed by atoms with Crippen LogP contribution in [0, 0.1) is 6.92 Å². The van der Waals surface area contributed by atoms with Crippen molar-refractivity contribution in [3.63, 3.8) is 0 Å². The van der Waals surface area contributed by atoms with E-state index >= 15 is 0 Å². The van der Waals surface area contributed by atoms with Crippen molar-refractivity contribution in [2.45, 2.75) is 6.92 Å². The molecule has 78 valence electrons. The summed E-state index contributed by atoms with van der Waals surface area (Å²) in [7, 11) is 0. The van der Waals surface area contributed by atoms with Crippen LogP contribution in [0.15, 0.2) is 53.3 Å². The van der Waals surface area contributed by atoms with Crippen LogP contribution in [0.25, 0.3) is 22.2 Å². The molecule has 0 N–H and O–H groups in total. The summed E-state index contributed by atoms with van der Waals surface area (Å²) < 4.78 is 5.29. The van der Waals surface area contributed by atoms with Crippen molar-refractivity contribution < 1.29 is 4.42 Å². The standard InChI is InChI=1S/C14H11NO/c1-10-3-2-4-11-9-12(5-6-13(10)11)14-15-7-8-16-14/h2-9H,1H3. The van der Waals surface area contributed by atoms with Gasteiger partial charge in [0.1, 0.15) is 6.26 Å². The van der Waals surface area contributed by atoms with Crippen molar-refractivity contribution in [1.82, 2.24) is 4.98 Å². The average molecular weight is 209 g/mol. The summed E-state index contributed by atoms with van der Waals surface area (Å²) in [5.74, 6) is 0.670. The van der Waals surface area contributed by atoms with Crippen LogP contribution >= 0.6 is 0 Å². The van der Waals surface area contributed by atoms with E-state index in [2.05, 4.69) is 42.2 Å². The van der Waals surface area contributed by atoms with Gasteiger partial charge in [-0.2, -0.15) is 0 Å². The van der Waals surface area contributed by atoms with Gasteiger partial charge >= 0.3 is 0 Å². The summed E-state index contributed by atoms with van der Waals surface area (Å²) in [5.41, 5.74) is 2.31. The number of benzene rings is 2. The van der Waals surface area contributed by atoms with Crippen LogP contribution in [-0.2, 0) is 0 Å². The Balaban J connectivity index is 2.24. The Bertz CT molecular complexity index is 626. The molecule has 0 bridgehead atoms. The van der Waals surface area contributed by atoms with Crippen LogP contribution in [0.2, 0.25) is 0 Å². The minimum Gasteiger partial charge on any atom is -0.445 e. The normalized spacial score (nSPS) is 10.8. The fraction of sp³-hybridized carbons (Fsp3) is 0.0714. The molecule has 0 unspecified atom stereocenters. The molecule has 3 rings (SSSR count). The third-order valence-electron chi connectivity index (χ3n) is 2.78. The number of nitrogens with zero attached hydrogens (tertiary/aromatic N) is 1. The topological polar surface area (TPSA) is 26.0 Å². The zero-order chi connectivity index (χ0) is 11.0. The number of fused-ring (bicyclic) bond motifs is 1. The van der Waals surface area contributed by atoms with Gasteiger partial charge in [0, 0.05) is 5.56 Å². The highest BCUT2D eigenvalue weighted by molar-refractivity contribution is 5.88. The van der Waals surface area contributed by atoms with Gasteiger partial charge in [-0.15, -0.1) is 0 Å². The van der Waals surface area contributed by atoms with Gasteiger partial charge in [0.25, 0.3) is 0 Å². The zero-order valence-electron chi connectivity index (χ0n) is 8.97. The molecule has 16 heavy (non-hydrogen) atoms. The average Bonchev–Trinajstić information content (AvgIpc) is 2.82. The number of hydrogen-bond acceptors (Lipinski definition) is 2. The summed E-state index contributed by atoms with van der Waals surface area (Å²) in [6.07, 6.45) is 3.26. The Hall–Kier alpha value is -2.09. The monoisotopic (exact) mass is 209 g/mol. The third kappa shape index (κ3) is 1.39. The van der Waals surface area contributed by atoms with Crippen LogP contribution in [0.3, 0.4) is 0 Å². The second-order valence-electron chi connectivity index (χ2n) is 3.85. The number of rotatable bonds is 1. The van der Waals surface area contributed by atoms with Crippen molar-refractivity contribution in [1.29, 1.82) is 0 Å². The first-order valence-corrected chi connectivity index (χ1v) is 5.24. The van der Waals surface area contributed by atoms with Crippen molar-refractivity contribution in [3.8, 4) is 11.5 Å². The van der Waals surface area contributed by atoms with E-state index in [9.17, 15) is 0 Å². The Morgan fingerprint density at radius 3 is 2.88 bits per heavy atom. The van der Waals surface area contributed by atoms with E-state index in [-0.39, 0.29) is 0 Å². The molecule has 0 saturated carbocycles. The quantitative estimate of drug-likeness (QED) is 0.609. The molecule has 0 radical (unpaired) electrons. The highest BCUT2D eigenvalue weighted by atomic mass is 16.3. The predicted octanol–water partition coefficient (Wildman–Crippen LogP) is 3.80. The minimum atomic E-state index is 0.670. The van der Waals surface area contributed by atoms with Gasteiger partial charge in [0.15, 0.2) is 0 Å². The number of aromatic nitrogens is 1. The van der Waals surface area contributed by atoms with Crippen molar-refractivity contribution in [2.24, 2.45) is 0 Å². The molecule has 1 heterocycles. The maximum absolute atomic E-state index is 5.29. The summed E-state index contributed by atoms with van der Waals surface area (Å²) >= 11 is 0. The van der Waals surface area contributed by atoms with Crippen LogP contribution < -0.4 is 0 Å². The number of hydrogen-bond donors (Lipinski definition) is 0. The molecule has 0 fully saturated rings. The second-order valence-corrected chi connectivity index (χ2v) is 3.85. The van der Waals surface area contributed by atoms with E-state index in [1.165, 1.54) is 16.3 Å². The van der Waals surface area contributed by atoms with Gasteiger partial charge in [-0.25, -0.2) is 4.98 Å². The third-order valence-corrected chi connectivity index (χ3v) is 2.78. The van der Waals surface area contributed by atoms with E-state index in [1.54, 1.807) is 12.5 Å². The second kappa shape index (κ2) is 3.49. The largest absolute Gasteiger partial charge is 0.445 e. The Kier molecular flexibility index (Phi) is 2.00. The SMILES string of the molecule is Cc1cccc2cc(-c3ncco3)ccc12. The van der Waals surface area contributed by atoms with Gasteiger partial charge in [-0.05, 0) is 35.4 Å². The fourth-order valence-corrected chi connectivity index (χ4v) is 1.94. The number of aryl methyl sites for hydroxylation is 1. The lowest BCUT2D eigenvalue weighted by atomic mass is 10.0. The van der Waals surface area contributed by atoms with Crippen molar-refractivity contribution in [2.75, 3.05) is 0 Å². The molecular weight excluding hydrogens is 198 g/mol. The van der Waals surface area contributed by atoms with Crippen LogP contribution in [0.4, 0.5) is 0 Å². The van der Waals surface area contributed by atoms with Gasteiger partial charge in [0.2, 0.25) is 5.89 Å². The maximum Gasteiger partial charge on any atom is 0.225 e. The van der Waals surface area contributed by atoms with Crippen LogP contribution in [0.1, 0.15) is 5.56 Å². The molecule has 3 aromatic rings. The molecule has 2 heteroatoms. The highest BCUT2D eigenvalue weighted by Crippen LogP contribution is 2.24.